The van der Waals surface area contributed by atoms with E-state index in [1.54, 1.807) is 37.6 Å². The van der Waals surface area contributed by atoms with Gasteiger partial charge in [0.25, 0.3) is 0 Å². The number of nitrogens with zero attached hydrogens (tertiary/aromatic N) is 2. The zero-order valence-corrected chi connectivity index (χ0v) is 24.0. The second-order valence-electron chi connectivity index (χ2n) is 10.1. The van der Waals surface area contributed by atoms with Crippen molar-refractivity contribution in [3.8, 4) is 23.0 Å². The lowest BCUT2D eigenvalue weighted by atomic mass is 10.1. The number of aromatic nitrogens is 1. The molecular weight excluding hydrogens is 539 g/mol. The fourth-order valence-corrected chi connectivity index (χ4v) is 4.68. The number of carbonyl (C=O) groups excluding carboxylic acids is 1. The van der Waals surface area contributed by atoms with Crippen molar-refractivity contribution in [3.63, 3.8) is 0 Å². The van der Waals surface area contributed by atoms with Crippen LogP contribution in [0.25, 0.3) is 10.9 Å². The van der Waals surface area contributed by atoms with Crippen molar-refractivity contribution in [3.05, 3.63) is 77.7 Å². The summed E-state index contributed by atoms with van der Waals surface area (Å²) in [7, 11) is 1.57. The maximum Gasteiger partial charge on any atom is 0.323 e. The first-order valence-electron chi connectivity index (χ1n) is 13.9. The molecule has 220 valence electrons. The largest absolute Gasteiger partial charge is 0.493 e. The number of aryl methyl sites for hydroxylation is 2. The van der Waals surface area contributed by atoms with E-state index in [-0.39, 0.29) is 11.4 Å². The summed E-state index contributed by atoms with van der Waals surface area (Å²) in [6, 6.07) is 14.6. The number of benzene rings is 3. The van der Waals surface area contributed by atoms with Gasteiger partial charge in [0.2, 0.25) is 0 Å². The fourth-order valence-electron chi connectivity index (χ4n) is 4.68. The zero-order valence-electron chi connectivity index (χ0n) is 24.0. The molecule has 0 bridgehead atoms. The van der Waals surface area contributed by atoms with Crippen molar-refractivity contribution in [1.29, 1.82) is 0 Å². The Morgan fingerprint density at radius 3 is 2.43 bits per heavy atom. The summed E-state index contributed by atoms with van der Waals surface area (Å²) < 4.78 is 38.0. The number of halogens is 1. The lowest BCUT2D eigenvalue weighted by Crippen LogP contribution is -2.37. The molecule has 4 aromatic rings. The van der Waals surface area contributed by atoms with Crippen molar-refractivity contribution in [2.45, 2.75) is 20.3 Å². The van der Waals surface area contributed by atoms with Crippen LogP contribution >= 0.6 is 0 Å². The van der Waals surface area contributed by atoms with Crippen LogP contribution < -0.4 is 24.8 Å². The van der Waals surface area contributed by atoms with Crippen LogP contribution in [0.1, 0.15) is 17.5 Å². The molecular formula is C32H35FN4O5. The number of anilines is 2. The minimum absolute atomic E-state index is 0.00465. The van der Waals surface area contributed by atoms with Crippen LogP contribution in [0.5, 0.6) is 23.0 Å². The number of methoxy groups -OCH3 is 1. The molecule has 1 aliphatic rings. The van der Waals surface area contributed by atoms with E-state index in [9.17, 15) is 4.79 Å². The quantitative estimate of drug-likeness (QED) is 0.208. The van der Waals surface area contributed by atoms with Crippen molar-refractivity contribution >= 4 is 28.3 Å². The number of rotatable bonds is 10. The lowest BCUT2D eigenvalue weighted by molar-refractivity contribution is 0.0357. The number of nitrogens with one attached hydrogen (secondary N) is 2. The number of urea groups is 1. The van der Waals surface area contributed by atoms with Crippen LogP contribution in [0.15, 0.2) is 60.8 Å². The Kier molecular flexibility index (Phi) is 9.35. The number of ether oxygens (including phenoxy) is 4. The van der Waals surface area contributed by atoms with Crippen molar-refractivity contribution in [1.82, 2.24) is 9.88 Å². The van der Waals surface area contributed by atoms with E-state index in [2.05, 4.69) is 20.5 Å². The van der Waals surface area contributed by atoms with Gasteiger partial charge in [-0.15, -0.1) is 0 Å². The predicted octanol–water partition coefficient (Wildman–Crippen LogP) is 6.54. The fraction of sp³-hybridized carbons (Fsp3) is 0.312. The van der Waals surface area contributed by atoms with Gasteiger partial charge in [0.05, 0.1) is 32.4 Å². The zero-order chi connectivity index (χ0) is 29.5. The molecule has 10 heteroatoms. The van der Waals surface area contributed by atoms with E-state index in [0.717, 1.165) is 50.4 Å². The van der Waals surface area contributed by atoms with Gasteiger partial charge >= 0.3 is 6.03 Å². The van der Waals surface area contributed by atoms with Crippen LogP contribution in [-0.2, 0) is 4.74 Å². The molecule has 0 radical (unpaired) electrons. The first-order chi connectivity index (χ1) is 20.4. The first-order valence-corrected chi connectivity index (χ1v) is 13.9. The van der Waals surface area contributed by atoms with Gasteiger partial charge in [-0.1, -0.05) is 6.07 Å². The van der Waals surface area contributed by atoms with Crippen LogP contribution in [-0.4, -0.2) is 62.5 Å². The lowest BCUT2D eigenvalue weighted by Gasteiger charge is -2.26. The van der Waals surface area contributed by atoms with Crippen LogP contribution in [0, 0.1) is 19.7 Å². The van der Waals surface area contributed by atoms with Gasteiger partial charge in [-0.05, 0) is 67.8 Å². The third kappa shape index (κ3) is 7.26. The maximum absolute atomic E-state index is 15.1. The average Bonchev–Trinajstić information content (AvgIpc) is 2.99. The van der Waals surface area contributed by atoms with Gasteiger partial charge < -0.3 is 29.6 Å². The van der Waals surface area contributed by atoms with Gasteiger partial charge in [0.15, 0.2) is 23.1 Å². The molecule has 1 aromatic heterocycles. The van der Waals surface area contributed by atoms with Crippen molar-refractivity contribution in [2.75, 3.05) is 57.2 Å². The topological polar surface area (TPSA) is 94.2 Å². The van der Waals surface area contributed by atoms with E-state index in [4.69, 9.17) is 18.9 Å². The summed E-state index contributed by atoms with van der Waals surface area (Å²) in [5.74, 6) is 0.893. The number of carbonyl (C=O) groups is 1. The first kappa shape index (κ1) is 29.1. The smallest absolute Gasteiger partial charge is 0.323 e. The molecule has 1 fully saturated rings. The Balaban J connectivity index is 1.24. The summed E-state index contributed by atoms with van der Waals surface area (Å²) in [6.45, 7) is 8.85. The summed E-state index contributed by atoms with van der Waals surface area (Å²) in [4.78, 5) is 19.3. The predicted molar refractivity (Wildman–Crippen MR) is 161 cm³/mol. The number of pyridine rings is 1. The average molecular weight is 575 g/mol. The highest BCUT2D eigenvalue weighted by Crippen LogP contribution is 2.38. The standard InChI is InChI=1S/C32H35FN4O5/c1-21-5-6-23(17-22(21)2)35-32(38)36-24-7-8-29(26(33)18-24)42-28-9-10-34-27-20-31(30(39-3)19-25(27)28)41-14-4-11-37-12-15-40-16-13-37/h5-10,17-20H,4,11-16H2,1-3H3,(H2,35,36,38). The SMILES string of the molecule is COc1cc2c(Oc3ccc(NC(=O)Nc4ccc(C)c(C)c4)cc3F)ccnc2cc1OCCCN1CCOCC1. The van der Waals surface area contributed by atoms with E-state index in [1.165, 1.54) is 12.1 Å². The number of amides is 2. The van der Waals surface area contributed by atoms with Gasteiger partial charge in [0, 0.05) is 54.7 Å². The van der Waals surface area contributed by atoms with Crippen LogP contribution in [0.2, 0.25) is 0 Å². The molecule has 1 aliphatic heterocycles. The highest BCUT2D eigenvalue weighted by Gasteiger charge is 2.15. The molecule has 0 spiro atoms. The molecule has 3 aromatic carbocycles. The van der Waals surface area contributed by atoms with Crippen molar-refractivity contribution < 1.29 is 28.1 Å². The molecule has 0 aliphatic carbocycles. The molecule has 0 unspecified atom stereocenters. The van der Waals surface area contributed by atoms with Gasteiger partial charge in [-0.25, -0.2) is 9.18 Å². The Morgan fingerprint density at radius 2 is 1.69 bits per heavy atom. The van der Waals surface area contributed by atoms with Crippen LogP contribution in [0.3, 0.4) is 0 Å². The van der Waals surface area contributed by atoms with E-state index < -0.39 is 11.8 Å². The van der Waals surface area contributed by atoms with E-state index in [1.807, 2.05) is 32.0 Å². The minimum Gasteiger partial charge on any atom is -0.493 e. The van der Waals surface area contributed by atoms with E-state index >= 15 is 4.39 Å². The van der Waals surface area contributed by atoms with E-state index in [0.29, 0.717) is 40.4 Å². The number of morpholine rings is 1. The molecule has 1 saturated heterocycles. The molecule has 0 saturated carbocycles. The maximum atomic E-state index is 15.1. The second-order valence-corrected chi connectivity index (χ2v) is 10.1. The molecule has 2 amide bonds. The monoisotopic (exact) mass is 574 g/mol. The molecule has 42 heavy (non-hydrogen) atoms. The summed E-state index contributed by atoms with van der Waals surface area (Å²) in [6.07, 6.45) is 2.46. The normalized spacial score (nSPS) is 13.5. The van der Waals surface area contributed by atoms with Crippen molar-refractivity contribution in [2.24, 2.45) is 0 Å². The third-order valence-electron chi connectivity index (χ3n) is 7.14. The Bertz CT molecular complexity index is 1560. The molecule has 2 N–H and O–H groups in total. The molecule has 9 nitrogen and oxygen atoms in total. The summed E-state index contributed by atoms with van der Waals surface area (Å²) in [5, 5.41) is 6.05. The summed E-state index contributed by atoms with van der Waals surface area (Å²) in [5.41, 5.74) is 3.75. The van der Waals surface area contributed by atoms with Gasteiger partial charge in [0.1, 0.15) is 5.75 Å². The second kappa shape index (κ2) is 13.5. The van der Waals surface area contributed by atoms with Crippen LogP contribution in [0.4, 0.5) is 20.6 Å². The molecule has 0 atom stereocenters. The highest BCUT2D eigenvalue weighted by molar-refractivity contribution is 5.99. The number of hydrogen-bond donors (Lipinski definition) is 2. The number of hydrogen-bond acceptors (Lipinski definition) is 7. The highest BCUT2D eigenvalue weighted by atomic mass is 19.1. The van der Waals surface area contributed by atoms with Gasteiger partial charge in [-0.3, -0.25) is 9.88 Å². The Morgan fingerprint density at radius 1 is 0.929 bits per heavy atom. The van der Waals surface area contributed by atoms with Gasteiger partial charge in [-0.2, -0.15) is 0 Å². The number of fused-ring (bicyclic) bond motifs is 1. The Labute approximate surface area is 244 Å². The molecule has 2 heterocycles. The minimum atomic E-state index is -0.629. The third-order valence-corrected chi connectivity index (χ3v) is 7.14. The Hall–Kier alpha value is -4.41. The summed E-state index contributed by atoms with van der Waals surface area (Å²) >= 11 is 0. The molecule has 5 rings (SSSR count).